The van der Waals surface area contributed by atoms with Gasteiger partial charge in [-0.15, -0.1) is 0 Å². The van der Waals surface area contributed by atoms with Crippen LogP contribution in [0.2, 0.25) is 0 Å². The van der Waals surface area contributed by atoms with Crippen molar-refractivity contribution in [2.24, 2.45) is 0 Å². The third-order valence-corrected chi connectivity index (χ3v) is 2.91. The summed E-state index contributed by atoms with van der Waals surface area (Å²) in [5.74, 6) is 0.392. The van der Waals surface area contributed by atoms with Crippen molar-refractivity contribution in [1.29, 1.82) is 0 Å². The van der Waals surface area contributed by atoms with E-state index in [0.717, 1.165) is 17.5 Å². The first-order valence-corrected chi connectivity index (χ1v) is 6.10. The molecule has 2 unspecified atom stereocenters. The summed E-state index contributed by atoms with van der Waals surface area (Å²) >= 11 is 0. The van der Waals surface area contributed by atoms with Crippen LogP contribution in [0, 0.1) is 6.92 Å². The average Bonchev–Trinajstić information content (AvgIpc) is 2.17. The Morgan fingerprint density at radius 1 is 1.31 bits per heavy atom. The van der Waals surface area contributed by atoms with Crippen LogP contribution >= 0.6 is 0 Å². The van der Waals surface area contributed by atoms with Crippen molar-refractivity contribution < 1.29 is 5.11 Å². The molecule has 0 saturated heterocycles. The summed E-state index contributed by atoms with van der Waals surface area (Å²) in [6, 6.07) is 6.54. The highest BCUT2D eigenvalue weighted by Gasteiger charge is 2.12. The van der Waals surface area contributed by atoms with Crippen LogP contribution in [0.1, 0.15) is 50.8 Å². The molecule has 1 aromatic carbocycles. The van der Waals surface area contributed by atoms with Crippen molar-refractivity contribution >= 4 is 0 Å². The van der Waals surface area contributed by atoms with Gasteiger partial charge >= 0.3 is 0 Å². The fraction of sp³-hybridized carbons (Fsp3) is 0.571. The van der Waals surface area contributed by atoms with E-state index in [1.54, 1.807) is 0 Å². The van der Waals surface area contributed by atoms with Gasteiger partial charge in [-0.05, 0) is 38.8 Å². The molecule has 0 heterocycles. The van der Waals surface area contributed by atoms with Gasteiger partial charge in [0.15, 0.2) is 0 Å². The molecule has 0 aliphatic heterocycles. The molecule has 0 radical (unpaired) electrons. The molecule has 0 saturated carbocycles. The Morgan fingerprint density at radius 2 is 2.00 bits per heavy atom. The number of hydrogen-bond acceptors (Lipinski definition) is 2. The van der Waals surface area contributed by atoms with Crippen molar-refractivity contribution in [3.8, 4) is 5.75 Å². The lowest BCUT2D eigenvalue weighted by Crippen LogP contribution is -2.28. The van der Waals surface area contributed by atoms with Crippen LogP contribution in [-0.4, -0.2) is 11.1 Å². The minimum Gasteiger partial charge on any atom is -0.508 e. The number of rotatable bonds is 5. The molecular weight excluding hydrogens is 198 g/mol. The number of benzene rings is 1. The summed E-state index contributed by atoms with van der Waals surface area (Å²) in [6.07, 6.45) is 2.34. The monoisotopic (exact) mass is 221 g/mol. The van der Waals surface area contributed by atoms with Gasteiger partial charge in [0.2, 0.25) is 0 Å². The molecule has 0 fully saturated rings. The second-order valence-corrected chi connectivity index (χ2v) is 4.64. The number of hydrogen-bond donors (Lipinski definition) is 2. The molecule has 1 aromatic rings. The number of phenolic OH excluding ortho intramolecular Hbond substituents is 1. The smallest absolute Gasteiger partial charge is 0.120 e. The molecule has 0 spiro atoms. The maximum absolute atomic E-state index is 9.86. The second kappa shape index (κ2) is 5.90. The van der Waals surface area contributed by atoms with Crippen LogP contribution in [0.3, 0.4) is 0 Å². The van der Waals surface area contributed by atoms with E-state index in [4.69, 9.17) is 0 Å². The van der Waals surface area contributed by atoms with Crippen molar-refractivity contribution in [3.63, 3.8) is 0 Å². The van der Waals surface area contributed by atoms with E-state index in [1.165, 1.54) is 6.42 Å². The molecule has 0 bridgehead atoms. The Labute approximate surface area is 98.7 Å². The third kappa shape index (κ3) is 3.53. The van der Waals surface area contributed by atoms with Crippen LogP contribution < -0.4 is 5.32 Å². The van der Waals surface area contributed by atoms with Crippen LogP contribution in [0.25, 0.3) is 0 Å². The van der Waals surface area contributed by atoms with Gasteiger partial charge in [-0.25, -0.2) is 0 Å². The molecule has 2 heteroatoms. The highest BCUT2D eigenvalue weighted by molar-refractivity contribution is 5.37. The van der Waals surface area contributed by atoms with E-state index in [1.807, 2.05) is 25.1 Å². The van der Waals surface area contributed by atoms with Gasteiger partial charge in [0.25, 0.3) is 0 Å². The topological polar surface area (TPSA) is 32.3 Å². The summed E-state index contributed by atoms with van der Waals surface area (Å²) in [5, 5.41) is 13.4. The highest BCUT2D eigenvalue weighted by Crippen LogP contribution is 2.25. The summed E-state index contributed by atoms with van der Waals surface area (Å²) < 4.78 is 0. The normalized spacial score (nSPS) is 14.8. The zero-order valence-corrected chi connectivity index (χ0v) is 10.7. The zero-order valence-electron chi connectivity index (χ0n) is 10.7. The van der Waals surface area contributed by atoms with Gasteiger partial charge in [0, 0.05) is 17.6 Å². The maximum atomic E-state index is 9.86. The van der Waals surface area contributed by atoms with E-state index < -0.39 is 0 Å². The lowest BCUT2D eigenvalue weighted by atomic mass is 10.0. The van der Waals surface area contributed by atoms with Gasteiger partial charge in [-0.2, -0.15) is 0 Å². The largest absolute Gasteiger partial charge is 0.508 e. The Morgan fingerprint density at radius 3 is 2.56 bits per heavy atom. The van der Waals surface area contributed by atoms with Gasteiger partial charge in [-0.1, -0.05) is 25.5 Å². The number of aromatic hydroxyl groups is 1. The lowest BCUT2D eigenvalue weighted by Gasteiger charge is -2.20. The van der Waals surface area contributed by atoms with Crippen molar-refractivity contribution in [2.45, 2.75) is 52.6 Å². The van der Waals surface area contributed by atoms with Crippen LogP contribution in [0.4, 0.5) is 0 Å². The Balaban J connectivity index is 2.69. The predicted octanol–water partition coefficient (Wildman–Crippen LogP) is 3.54. The van der Waals surface area contributed by atoms with Gasteiger partial charge in [0.1, 0.15) is 5.75 Å². The van der Waals surface area contributed by atoms with Crippen molar-refractivity contribution in [1.82, 2.24) is 5.32 Å². The molecule has 0 amide bonds. The molecule has 1 rings (SSSR count). The van der Waals surface area contributed by atoms with E-state index in [0.29, 0.717) is 11.8 Å². The molecule has 0 aromatic heterocycles. The summed E-state index contributed by atoms with van der Waals surface area (Å²) in [6.45, 7) is 8.45. The standard InChI is InChI=1S/C14H23NO/c1-5-6-11(3)15-12(4)13-8-7-10(2)9-14(13)16/h7-9,11-12,15-16H,5-6H2,1-4H3. The summed E-state index contributed by atoms with van der Waals surface area (Å²) in [7, 11) is 0. The molecule has 2 nitrogen and oxygen atoms in total. The van der Waals surface area contributed by atoms with E-state index in [9.17, 15) is 5.11 Å². The average molecular weight is 221 g/mol. The lowest BCUT2D eigenvalue weighted by molar-refractivity contribution is 0.423. The molecular formula is C14H23NO. The number of nitrogens with one attached hydrogen (secondary N) is 1. The van der Waals surface area contributed by atoms with Crippen molar-refractivity contribution in [3.05, 3.63) is 29.3 Å². The molecule has 2 N–H and O–H groups in total. The third-order valence-electron chi connectivity index (χ3n) is 2.91. The minimum atomic E-state index is 0.196. The molecule has 16 heavy (non-hydrogen) atoms. The van der Waals surface area contributed by atoms with E-state index in [2.05, 4.69) is 26.1 Å². The number of phenols is 1. The molecule has 0 aliphatic carbocycles. The first kappa shape index (κ1) is 13.0. The predicted molar refractivity (Wildman–Crippen MR) is 68.8 cm³/mol. The zero-order chi connectivity index (χ0) is 12.1. The fourth-order valence-corrected chi connectivity index (χ4v) is 2.05. The first-order chi connectivity index (χ1) is 7.54. The minimum absolute atomic E-state index is 0.196. The Hall–Kier alpha value is -1.02. The van der Waals surface area contributed by atoms with Crippen molar-refractivity contribution in [2.75, 3.05) is 0 Å². The molecule has 90 valence electrons. The highest BCUT2D eigenvalue weighted by atomic mass is 16.3. The SMILES string of the molecule is CCCC(C)NC(C)c1ccc(C)cc1O. The van der Waals surface area contributed by atoms with Gasteiger partial charge in [0.05, 0.1) is 0 Å². The molecule has 2 atom stereocenters. The van der Waals surface area contributed by atoms with Crippen LogP contribution in [0.15, 0.2) is 18.2 Å². The first-order valence-electron chi connectivity index (χ1n) is 6.10. The van der Waals surface area contributed by atoms with E-state index in [-0.39, 0.29) is 6.04 Å². The van der Waals surface area contributed by atoms with Crippen LogP contribution in [-0.2, 0) is 0 Å². The summed E-state index contributed by atoms with van der Waals surface area (Å²) in [5.41, 5.74) is 2.07. The van der Waals surface area contributed by atoms with E-state index >= 15 is 0 Å². The second-order valence-electron chi connectivity index (χ2n) is 4.64. The molecule has 0 aliphatic rings. The van der Waals surface area contributed by atoms with Gasteiger partial charge in [-0.3, -0.25) is 0 Å². The van der Waals surface area contributed by atoms with Crippen LogP contribution in [0.5, 0.6) is 5.75 Å². The maximum Gasteiger partial charge on any atom is 0.120 e. The number of aryl methyl sites for hydroxylation is 1. The Bertz CT molecular complexity index is 336. The van der Waals surface area contributed by atoms with Gasteiger partial charge < -0.3 is 10.4 Å². The summed E-state index contributed by atoms with van der Waals surface area (Å²) in [4.78, 5) is 0. The Kier molecular flexibility index (Phi) is 4.81. The quantitative estimate of drug-likeness (QED) is 0.797. The fourth-order valence-electron chi connectivity index (χ4n) is 2.05.